The normalized spacial score (nSPS) is 22.3. The van der Waals surface area contributed by atoms with Crippen LogP contribution in [0.2, 0.25) is 5.02 Å². The number of hydrogen-bond acceptors (Lipinski definition) is 4. The van der Waals surface area contributed by atoms with Crippen molar-refractivity contribution in [3.8, 4) is 0 Å². The maximum atomic E-state index is 12.1. The van der Waals surface area contributed by atoms with Crippen LogP contribution in [0.4, 0.5) is 5.82 Å². The highest BCUT2D eigenvalue weighted by Gasteiger charge is 2.30. The number of amides is 1. The number of anilines is 1. The maximum Gasteiger partial charge on any atom is 0.253 e. The van der Waals surface area contributed by atoms with Gasteiger partial charge in [-0.05, 0) is 25.8 Å². The molecular weight excluding hydrogens is 266 g/mol. The van der Waals surface area contributed by atoms with Crippen molar-refractivity contribution in [2.75, 3.05) is 25.5 Å². The van der Waals surface area contributed by atoms with Gasteiger partial charge in [0.05, 0.1) is 16.2 Å². The summed E-state index contributed by atoms with van der Waals surface area (Å²) in [4.78, 5) is 16.2. The van der Waals surface area contributed by atoms with Gasteiger partial charge < -0.3 is 15.4 Å². The molecule has 2 N–H and O–H groups in total. The van der Waals surface area contributed by atoms with Crippen LogP contribution >= 0.6 is 11.6 Å². The molecule has 1 saturated heterocycles. The van der Waals surface area contributed by atoms with Crippen molar-refractivity contribution in [1.29, 1.82) is 0 Å². The standard InChI is InChI=1S/C13H18ClN3O2/c1-13(4-3-5-19-13)8-17-12(18)9-6-11(15-2)16-7-10(9)14/h6-7H,3-5,8H2,1-2H3,(H,15,16)(H,17,18). The number of rotatable bonds is 4. The second-order valence-corrected chi connectivity index (χ2v) is 5.29. The summed E-state index contributed by atoms with van der Waals surface area (Å²) in [5, 5.41) is 6.09. The first-order valence-corrected chi connectivity index (χ1v) is 6.67. The van der Waals surface area contributed by atoms with E-state index in [2.05, 4.69) is 15.6 Å². The first-order valence-electron chi connectivity index (χ1n) is 6.29. The lowest BCUT2D eigenvalue weighted by Crippen LogP contribution is -2.40. The van der Waals surface area contributed by atoms with Crippen molar-refractivity contribution in [3.63, 3.8) is 0 Å². The van der Waals surface area contributed by atoms with Gasteiger partial charge in [0.15, 0.2) is 0 Å². The molecule has 1 atom stereocenters. The molecule has 1 aromatic rings. The second kappa shape index (κ2) is 5.75. The minimum Gasteiger partial charge on any atom is -0.373 e. The quantitative estimate of drug-likeness (QED) is 0.888. The Bertz CT molecular complexity index is 473. The molecule has 0 radical (unpaired) electrons. The molecule has 2 rings (SSSR count). The van der Waals surface area contributed by atoms with Crippen LogP contribution in [0.5, 0.6) is 0 Å². The third-order valence-corrected chi connectivity index (χ3v) is 3.58. The number of nitrogens with one attached hydrogen (secondary N) is 2. The fourth-order valence-electron chi connectivity index (χ4n) is 2.09. The van der Waals surface area contributed by atoms with Crippen molar-refractivity contribution in [3.05, 3.63) is 22.8 Å². The molecule has 0 aromatic carbocycles. The van der Waals surface area contributed by atoms with Crippen molar-refractivity contribution in [1.82, 2.24) is 10.3 Å². The lowest BCUT2D eigenvalue weighted by atomic mass is 10.0. The van der Waals surface area contributed by atoms with Gasteiger partial charge in [-0.2, -0.15) is 0 Å². The molecule has 1 unspecified atom stereocenters. The van der Waals surface area contributed by atoms with Gasteiger partial charge in [0.25, 0.3) is 5.91 Å². The van der Waals surface area contributed by atoms with E-state index in [-0.39, 0.29) is 11.5 Å². The minimum atomic E-state index is -0.263. The maximum absolute atomic E-state index is 12.1. The van der Waals surface area contributed by atoms with Crippen LogP contribution in [0.15, 0.2) is 12.3 Å². The van der Waals surface area contributed by atoms with Gasteiger partial charge in [-0.15, -0.1) is 0 Å². The van der Waals surface area contributed by atoms with Crippen LogP contribution in [0.3, 0.4) is 0 Å². The lowest BCUT2D eigenvalue weighted by Gasteiger charge is -2.23. The monoisotopic (exact) mass is 283 g/mol. The van der Waals surface area contributed by atoms with Gasteiger partial charge in [0.1, 0.15) is 5.82 Å². The SMILES string of the molecule is CNc1cc(C(=O)NCC2(C)CCCO2)c(Cl)cn1. The summed E-state index contributed by atoms with van der Waals surface area (Å²) in [6, 6.07) is 1.63. The fraction of sp³-hybridized carbons (Fsp3) is 0.538. The molecular formula is C13H18ClN3O2. The molecule has 1 aliphatic heterocycles. The van der Waals surface area contributed by atoms with Crippen molar-refractivity contribution >= 4 is 23.3 Å². The molecule has 1 aromatic heterocycles. The third kappa shape index (κ3) is 3.36. The van der Waals surface area contributed by atoms with Crippen LogP contribution in [0, 0.1) is 0 Å². The number of aromatic nitrogens is 1. The smallest absolute Gasteiger partial charge is 0.253 e. The highest BCUT2D eigenvalue weighted by atomic mass is 35.5. The third-order valence-electron chi connectivity index (χ3n) is 3.28. The summed E-state index contributed by atoms with van der Waals surface area (Å²) in [6.07, 6.45) is 3.46. The predicted octanol–water partition coefficient (Wildman–Crippen LogP) is 2.08. The van der Waals surface area contributed by atoms with Crippen LogP contribution in [0.1, 0.15) is 30.1 Å². The molecule has 19 heavy (non-hydrogen) atoms. The van der Waals surface area contributed by atoms with Gasteiger partial charge in [-0.25, -0.2) is 4.98 Å². The van der Waals surface area contributed by atoms with Gasteiger partial charge >= 0.3 is 0 Å². The van der Waals surface area contributed by atoms with Crippen LogP contribution < -0.4 is 10.6 Å². The molecule has 2 heterocycles. The predicted molar refractivity (Wildman–Crippen MR) is 74.7 cm³/mol. The number of nitrogens with zero attached hydrogens (tertiary/aromatic N) is 1. The number of halogens is 1. The van der Waals surface area contributed by atoms with E-state index in [0.717, 1.165) is 19.4 Å². The zero-order valence-electron chi connectivity index (χ0n) is 11.1. The average molecular weight is 284 g/mol. The second-order valence-electron chi connectivity index (χ2n) is 4.88. The molecule has 6 heteroatoms. The Morgan fingerprint density at radius 3 is 3.05 bits per heavy atom. The fourth-order valence-corrected chi connectivity index (χ4v) is 2.28. The minimum absolute atomic E-state index is 0.208. The Labute approximate surface area is 117 Å². The molecule has 1 aliphatic rings. The van der Waals surface area contributed by atoms with Gasteiger partial charge in [-0.3, -0.25) is 4.79 Å². The van der Waals surface area contributed by atoms with Crippen molar-refractivity contribution < 1.29 is 9.53 Å². The van der Waals surface area contributed by atoms with Crippen molar-refractivity contribution in [2.45, 2.75) is 25.4 Å². The number of carbonyl (C=O) groups excluding carboxylic acids is 1. The molecule has 0 bridgehead atoms. The lowest BCUT2D eigenvalue weighted by molar-refractivity contribution is 0.0206. The molecule has 5 nitrogen and oxygen atoms in total. The number of hydrogen-bond donors (Lipinski definition) is 2. The first kappa shape index (κ1) is 14.1. The largest absolute Gasteiger partial charge is 0.373 e. The van der Waals surface area contributed by atoms with E-state index < -0.39 is 0 Å². The van der Waals surface area contributed by atoms with E-state index >= 15 is 0 Å². The molecule has 0 aliphatic carbocycles. The summed E-state index contributed by atoms with van der Waals surface area (Å²) < 4.78 is 5.63. The van der Waals surface area contributed by atoms with Gasteiger partial charge in [0, 0.05) is 26.4 Å². The average Bonchev–Trinajstić information content (AvgIpc) is 2.84. The van der Waals surface area contributed by atoms with Crippen LogP contribution in [0.25, 0.3) is 0 Å². The summed E-state index contributed by atoms with van der Waals surface area (Å²) >= 11 is 6.00. The summed E-state index contributed by atoms with van der Waals surface area (Å²) in [6.45, 7) is 3.25. The Hall–Kier alpha value is -1.33. The van der Waals surface area contributed by atoms with Crippen LogP contribution in [-0.4, -0.2) is 36.7 Å². The Kier molecular flexibility index (Phi) is 4.27. The zero-order chi connectivity index (χ0) is 13.9. The van der Waals surface area contributed by atoms with E-state index in [1.54, 1.807) is 13.1 Å². The number of pyridine rings is 1. The van der Waals surface area contributed by atoms with E-state index in [1.807, 2.05) is 6.92 Å². The summed E-state index contributed by atoms with van der Waals surface area (Å²) in [5.41, 5.74) is 0.156. The van der Waals surface area contributed by atoms with Gasteiger partial charge in [0.2, 0.25) is 0 Å². The zero-order valence-corrected chi connectivity index (χ0v) is 11.9. The first-order chi connectivity index (χ1) is 9.04. The van der Waals surface area contributed by atoms with E-state index in [0.29, 0.717) is 22.9 Å². The summed E-state index contributed by atoms with van der Waals surface area (Å²) in [7, 11) is 1.74. The van der Waals surface area contributed by atoms with E-state index in [9.17, 15) is 4.79 Å². The Balaban J connectivity index is 2.03. The van der Waals surface area contributed by atoms with Crippen LogP contribution in [-0.2, 0) is 4.74 Å². The Morgan fingerprint density at radius 1 is 1.63 bits per heavy atom. The summed E-state index contributed by atoms with van der Waals surface area (Å²) in [5.74, 6) is 0.401. The van der Waals surface area contributed by atoms with Gasteiger partial charge in [-0.1, -0.05) is 11.6 Å². The molecule has 0 spiro atoms. The molecule has 104 valence electrons. The highest BCUT2D eigenvalue weighted by Crippen LogP contribution is 2.24. The van der Waals surface area contributed by atoms with Crippen molar-refractivity contribution in [2.24, 2.45) is 0 Å². The topological polar surface area (TPSA) is 63.2 Å². The van der Waals surface area contributed by atoms with E-state index in [1.165, 1.54) is 6.20 Å². The number of ether oxygens (including phenoxy) is 1. The molecule has 1 fully saturated rings. The number of carbonyl (C=O) groups is 1. The highest BCUT2D eigenvalue weighted by molar-refractivity contribution is 6.33. The Morgan fingerprint density at radius 2 is 2.42 bits per heavy atom. The molecule has 1 amide bonds. The molecule has 0 saturated carbocycles. The van der Waals surface area contributed by atoms with E-state index in [4.69, 9.17) is 16.3 Å².